The molecule has 0 unspecified atom stereocenters. The van der Waals surface area contributed by atoms with Crippen molar-refractivity contribution in [2.24, 2.45) is 5.41 Å². The first-order valence-corrected chi connectivity index (χ1v) is 6.27. The van der Waals surface area contributed by atoms with Gasteiger partial charge in [-0.15, -0.1) is 0 Å². The normalized spacial score (nSPS) is 10.7. The van der Waals surface area contributed by atoms with Crippen LogP contribution < -0.4 is 5.32 Å². The fourth-order valence-electron chi connectivity index (χ4n) is 1.82. The van der Waals surface area contributed by atoms with E-state index in [0.29, 0.717) is 19.4 Å². The van der Waals surface area contributed by atoms with Crippen LogP contribution in [0.1, 0.15) is 32.3 Å². The van der Waals surface area contributed by atoms with Crippen LogP contribution in [0.25, 0.3) is 0 Å². The number of amides is 1. The third-order valence-corrected chi connectivity index (χ3v) is 3.28. The Kier molecular flexibility index (Phi) is 5.31. The number of nitrogens with zero attached hydrogens (tertiary/aromatic N) is 2. The Hall–Kier alpha value is -1.89. The molecule has 0 atom stereocenters. The van der Waals surface area contributed by atoms with Crippen LogP contribution in [0.2, 0.25) is 0 Å². The molecule has 0 bridgehead atoms. The van der Waals surface area contributed by atoms with Gasteiger partial charge < -0.3 is 5.32 Å². The zero-order valence-corrected chi connectivity index (χ0v) is 10.9. The van der Waals surface area contributed by atoms with Gasteiger partial charge in [0.25, 0.3) is 0 Å². The molecule has 4 heteroatoms. The Morgan fingerprint density at radius 3 is 2.72 bits per heavy atom. The Morgan fingerprint density at radius 1 is 1.50 bits per heavy atom. The highest BCUT2D eigenvalue weighted by atomic mass is 16.2. The maximum absolute atomic E-state index is 12.0. The lowest BCUT2D eigenvalue weighted by Gasteiger charge is -2.22. The van der Waals surface area contributed by atoms with Gasteiger partial charge in [-0.05, 0) is 30.9 Å². The monoisotopic (exact) mass is 245 g/mol. The molecule has 1 aromatic heterocycles. The molecule has 0 aromatic carbocycles. The van der Waals surface area contributed by atoms with Gasteiger partial charge in [-0.1, -0.05) is 19.9 Å². The van der Waals surface area contributed by atoms with Crippen LogP contribution in [0.4, 0.5) is 0 Å². The molecule has 96 valence electrons. The zero-order valence-electron chi connectivity index (χ0n) is 10.9. The summed E-state index contributed by atoms with van der Waals surface area (Å²) in [4.78, 5) is 16.0. The van der Waals surface area contributed by atoms with Crippen molar-refractivity contribution in [2.75, 3.05) is 6.54 Å². The van der Waals surface area contributed by atoms with Gasteiger partial charge in [-0.25, -0.2) is 0 Å². The summed E-state index contributed by atoms with van der Waals surface area (Å²) < 4.78 is 0. The first-order chi connectivity index (χ1) is 8.68. The maximum atomic E-state index is 12.0. The van der Waals surface area contributed by atoms with E-state index in [9.17, 15) is 4.79 Å². The maximum Gasteiger partial charge on any atom is 0.240 e. The van der Waals surface area contributed by atoms with Crippen molar-refractivity contribution >= 4 is 5.91 Å². The van der Waals surface area contributed by atoms with Gasteiger partial charge in [0, 0.05) is 18.9 Å². The first kappa shape index (κ1) is 14.2. The Morgan fingerprint density at radius 2 is 2.22 bits per heavy atom. The summed E-state index contributed by atoms with van der Waals surface area (Å²) in [7, 11) is 0. The third-order valence-electron chi connectivity index (χ3n) is 3.28. The molecule has 1 heterocycles. The largest absolute Gasteiger partial charge is 0.354 e. The van der Waals surface area contributed by atoms with Crippen LogP contribution in [0.5, 0.6) is 0 Å². The fraction of sp³-hybridized carbons (Fsp3) is 0.500. The molecule has 0 aliphatic rings. The summed E-state index contributed by atoms with van der Waals surface area (Å²) in [5.74, 6) is -0.168. The molecule has 1 aromatic rings. The van der Waals surface area contributed by atoms with Gasteiger partial charge >= 0.3 is 0 Å². The summed E-state index contributed by atoms with van der Waals surface area (Å²) in [6, 6.07) is 5.98. The van der Waals surface area contributed by atoms with Gasteiger partial charge in [-0.2, -0.15) is 5.26 Å². The fourth-order valence-corrected chi connectivity index (χ4v) is 1.82. The molecule has 1 amide bonds. The molecule has 4 nitrogen and oxygen atoms in total. The number of hydrogen-bond donors (Lipinski definition) is 1. The van der Waals surface area contributed by atoms with Crippen LogP contribution in [-0.4, -0.2) is 17.4 Å². The molecular weight excluding hydrogens is 226 g/mol. The van der Waals surface area contributed by atoms with Gasteiger partial charge in [0.1, 0.15) is 5.41 Å². The van der Waals surface area contributed by atoms with Gasteiger partial charge in [0.05, 0.1) is 6.07 Å². The summed E-state index contributed by atoms with van der Waals surface area (Å²) in [6.07, 6.45) is 5.31. The van der Waals surface area contributed by atoms with Crippen molar-refractivity contribution in [1.82, 2.24) is 10.3 Å². The standard InChI is InChI=1S/C14H19N3O/c1-3-14(4-2,11-15)13(18)17-9-7-12-6-5-8-16-10-12/h5-6,8,10H,3-4,7,9H2,1-2H3,(H,17,18). The van der Waals surface area contributed by atoms with Crippen molar-refractivity contribution in [1.29, 1.82) is 5.26 Å². The van der Waals surface area contributed by atoms with E-state index in [1.54, 1.807) is 12.4 Å². The highest BCUT2D eigenvalue weighted by Gasteiger charge is 2.34. The minimum Gasteiger partial charge on any atom is -0.354 e. The molecule has 0 aliphatic carbocycles. The number of nitriles is 1. The average Bonchev–Trinajstić information content (AvgIpc) is 2.42. The van der Waals surface area contributed by atoms with E-state index in [1.165, 1.54) is 0 Å². The molecular formula is C14H19N3O. The van der Waals surface area contributed by atoms with Crippen LogP contribution >= 0.6 is 0 Å². The first-order valence-electron chi connectivity index (χ1n) is 6.27. The van der Waals surface area contributed by atoms with Gasteiger partial charge in [0.2, 0.25) is 5.91 Å². The molecule has 18 heavy (non-hydrogen) atoms. The Balaban J connectivity index is 2.49. The molecule has 0 saturated heterocycles. The number of carbonyl (C=O) groups excluding carboxylic acids is 1. The minimum absolute atomic E-state index is 0.168. The molecule has 0 spiro atoms. The number of pyridine rings is 1. The lowest BCUT2D eigenvalue weighted by Crippen LogP contribution is -2.40. The molecule has 0 radical (unpaired) electrons. The minimum atomic E-state index is -0.880. The van der Waals surface area contributed by atoms with Crippen molar-refractivity contribution in [3.63, 3.8) is 0 Å². The predicted octanol–water partition coefficient (Wildman–Crippen LogP) is 2.07. The highest BCUT2D eigenvalue weighted by molar-refractivity contribution is 5.85. The van der Waals surface area contributed by atoms with Crippen LogP contribution in [0.3, 0.4) is 0 Å². The van der Waals surface area contributed by atoms with Crippen molar-refractivity contribution in [3.8, 4) is 6.07 Å². The summed E-state index contributed by atoms with van der Waals surface area (Å²) in [5.41, 5.74) is 0.197. The number of aromatic nitrogens is 1. The number of carbonyl (C=O) groups is 1. The van der Waals surface area contributed by atoms with Crippen LogP contribution in [0.15, 0.2) is 24.5 Å². The second-order valence-electron chi connectivity index (χ2n) is 4.27. The van der Waals surface area contributed by atoms with E-state index in [2.05, 4.69) is 16.4 Å². The lowest BCUT2D eigenvalue weighted by atomic mass is 9.83. The van der Waals surface area contributed by atoms with Crippen LogP contribution in [0, 0.1) is 16.7 Å². The Labute approximate surface area is 108 Å². The lowest BCUT2D eigenvalue weighted by molar-refractivity contribution is -0.128. The summed E-state index contributed by atoms with van der Waals surface area (Å²) >= 11 is 0. The van der Waals surface area contributed by atoms with E-state index in [1.807, 2.05) is 26.0 Å². The topological polar surface area (TPSA) is 65.8 Å². The predicted molar refractivity (Wildman–Crippen MR) is 69.6 cm³/mol. The smallest absolute Gasteiger partial charge is 0.240 e. The van der Waals surface area contributed by atoms with E-state index in [0.717, 1.165) is 12.0 Å². The summed E-state index contributed by atoms with van der Waals surface area (Å²) in [5, 5.41) is 12.0. The van der Waals surface area contributed by atoms with E-state index in [4.69, 9.17) is 5.26 Å². The second kappa shape index (κ2) is 6.75. The number of nitrogens with one attached hydrogen (secondary N) is 1. The van der Waals surface area contributed by atoms with Gasteiger partial charge in [0.15, 0.2) is 0 Å². The summed E-state index contributed by atoms with van der Waals surface area (Å²) in [6.45, 7) is 4.27. The molecule has 0 aliphatic heterocycles. The molecule has 1 rings (SSSR count). The molecule has 0 saturated carbocycles. The van der Waals surface area contributed by atoms with Crippen molar-refractivity contribution in [3.05, 3.63) is 30.1 Å². The van der Waals surface area contributed by atoms with Crippen molar-refractivity contribution < 1.29 is 4.79 Å². The second-order valence-corrected chi connectivity index (χ2v) is 4.27. The number of hydrogen-bond acceptors (Lipinski definition) is 3. The quantitative estimate of drug-likeness (QED) is 0.834. The number of rotatable bonds is 6. The van der Waals surface area contributed by atoms with Crippen LogP contribution in [-0.2, 0) is 11.2 Å². The van der Waals surface area contributed by atoms with E-state index >= 15 is 0 Å². The SMILES string of the molecule is CCC(C#N)(CC)C(=O)NCCc1cccnc1. The third kappa shape index (κ3) is 3.30. The Bertz CT molecular complexity index is 418. The highest BCUT2D eigenvalue weighted by Crippen LogP contribution is 2.25. The van der Waals surface area contributed by atoms with Crippen molar-refractivity contribution in [2.45, 2.75) is 33.1 Å². The molecule has 1 N–H and O–H groups in total. The average molecular weight is 245 g/mol. The molecule has 0 fully saturated rings. The zero-order chi connectivity index (χ0) is 13.4. The van der Waals surface area contributed by atoms with Gasteiger partial charge in [-0.3, -0.25) is 9.78 Å². The van der Waals surface area contributed by atoms with E-state index < -0.39 is 5.41 Å². The van der Waals surface area contributed by atoms with E-state index in [-0.39, 0.29) is 5.91 Å².